The van der Waals surface area contributed by atoms with Gasteiger partial charge in [0.05, 0.1) is 5.69 Å². The number of amides is 1. The van der Waals surface area contributed by atoms with Gasteiger partial charge in [-0.05, 0) is 49.6 Å². The van der Waals surface area contributed by atoms with Crippen LogP contribution in [0.3, 0.4) is 0 Å². The van der Waals surface area contributed by atoms with Gasteiger partial charge in [-0.3, -0.25) is 4.79 Å². The second-order valence-corrected chi connectivity index (χ2v) is 7.76. The molecule has 1 unspecified atom stereocenters. The molecule has 0 aromatic heterocycles. The molecule has 2 aromatic carbocycles. The average molecular weight is 390 g/mol. The number of carbonyl (C=O) groups is 1. The molecule has 2 aromatic rings. The first-order chi connectivity index (χ1) is 12.2. The van der Waals surface area contributed by atoms with E-state index in [2.05, 4.69) is 17.0 Å². The number of halogens is 1. The van der Waals surface area contributed by atoms with E-state index in [1.165, 1.54) is 10.5 Å². The van der Waals surface area contributed by atoms with Gasteiger partial charge >= 0.3 is 0 Å². The van der Waals surface area contributed by atoms with Gasteiger partial charge in [-0.2, -0.15) is 0 Å². The molecule has 0 spiro atoms. The SMILES string of the molecule is CC(C(=O)N1CCSc2ccccc21)N1CCCc2c(N)cccc21.Cl. The molecule has 0 saturated carbocycles. The Kier molecular flexibility index (Phi) is 5.68. The predicted molar refractivity (Wildman–Crippen MR) is 113 cm³/mol. The van der Waals surface area contributed by atoms with Crippen molar-refractivity contribution in [2.45, 2.75) is 30.7 Å². The minimum absolute atomic E-state index is 0. The Bertz CT molecular complexity index is 813. The van der Waals surface area contributed by atoms with E-state index in [1.807, 2.05) is 53.9 Å². The highest BCUT2D eigenvalue weighted by atomic mass is 35.5. The summed E-state index contributed by atoms with van der Waals surface area (Å²) in [7, 11) is 0. The first-order valence-electron chi connectivity index (χ1n) is 8.84. The average Bonchev–Trinajstić information content (AvgIpc) is 2.66. The van der Waals surface area contributed by atoms with Crippen molar-refractivity contribution in [1.82, 2.24) is 0 Å². The summed E-state index contributed by atoms with van der Waals surface area (Å²) in [5.41, 5.74) is 10.3. The number of para-hydroxylation sites is 1. The maximum atomic E-state index is 13.3. The van der Waals surface area contributed by atoms with Crippen molar-refractivity contribution in [2.24, 2.45) is 0 Å². The number of nitrogen functional groups attached to an aromatic ring is 1. The number of benzene rings is 2. The molecule has 0 aliphatic carbocycles. The number of rotatable bonds is 2. The number of carbonyl (C=O) groups excluding carboxylic acids is 1. The first-order valence-corrected chi connectivity index (χ1v) is 9.82. The zero-order chi connectivity index (χ0) is 17.4. The first kappa shape index (κ1) is 18.9. The van der Waals surface area contributed by atoms with E-state index in [-0.39, 0.29) is 24.4 Å². The lowest BCUT2D eigenvalue weighted by molar-refractivity contribution is -0.119. The van der Waals surface area contributed by atoms with Crippen molar-refractivity contribution in [3.8, 4) is 0 Å². The minimum Gasteiger partial charge on any atom is -0.398 e. The standard InChI is InChI=1S/C20H23N3OS.ClH/c1-14(22-11-5-6-15-16(21)7-4-9-17(15)22)20(24)23-12-13-25-19-10-3-2-8-18(19)23;/h2-4,7-10,14H,5-6,11-13,21H2,1H3;1H. The van der Waals surface area contributed by atoms with Crippen LogP contribution in [0.2, 0.25) is 0 Å². The maximum absolute atomic E-state index is 13.3. The molecule has 0 radical (unpaired) electrons. The van der Waals surface area contributed by atoms with Gasteiger partial charge in [0.15, 0.2) is 0 Å². The number of nitrogens with two attached hydrogens (primary N) is 1. The molecule has 26 heavy (non-hydrogen) atoms. The van der Waals surface area contributed by atoms with E-state index >= 15 is 0 Å². The molecule has 2 aliphatic rings. The third kappa shape index (κ3) is 3.26. The Balaban J connectivity index is 0.00000196. The fraction of sp³-hybridized carbons (Fsp3) is 0.350. The number of nitrogens with zero attached hydrogens (tertiary/aromatic N) is 2. The molecule has 6 heteroatoms. The molecular weight excluding hydrogens is 366 g/mol. The second-order valence-electron chi connectivity index (χ2n) is 6.62. The third-order valence-corrected chi connectivity index (χ3v) is 6.19. The normalized spacial score (nSPS) is 17.0. The lowest BCUT2D eigenvalue weighted by atomic mass is 9.98. The van der Waals surface area contributed by atoms with Gasteiger partial charge in [-0.25, -0.2) is 0 Å². The largest absolute Gasteiger partial charge is 0.398 e. The monoisotopic (exact) mass is 389 g/mol. The Morgan fingerprint density at radius 1 is 1.12 bits per heavy atom. The van der Waals surface area contributed by atoms with Crippen molar-refractivity contribution in [1.29, 1.82) is 0 Å². The Hall–Kier alpha value is -1.85. The molecule has 4 rings (SSSR count). The molecule has 0 fully saturated rings. The predicted octanol–water partition coefficient (Wildman–Crippen LogP) is 3.97. The Morgan fingerprint density at radius 2 is 1.88 bits per heavy atom. The van der Waals surface area contributed by atoms with E-state index in [4.69, 9.17) is 5.73 Å². The van der Waals surface area contributed by atoms with E-state index in [9.17, 15) is 4.79 Å². The lowest BCUT2D eigenvalue weighted by Gasteiger charge is -2.39. The van der Waals surface area contributed by atoms with Crippen LogP contribution in [0.1, 0.15) is 18.9 Å². The van der Waals surface area contributed by atoms with Crippen molar-refractivity contribution in [3.05, 3.63) is 48.0 Å². The van der Waals surface area contributed by atoms with Gasteiger partial charge in [0.2, 0.25) is 5.91 Å². The van der Waals surface area contributed by atoms with Crippen molar-refractivity contribution >= 4 is 47.1 Å². The van der Waals surface area contributed by atoms with Gasteiger partial charge < -0.3 is 15.5 Å². The van der Waals surface area contributed by atoms with E-state index in [1.54, 1.807) is 0 Å². The molecule has 4 nitrogen and oxygen atoms in total. The summed E-state index contributed by atoms with van der Waals surface area (Å²) >= 11 is 1.82. The summed E-state index contributed by atoms with van der Waals surface area (Å²) in [6.45, 7) is 3.68. The molecule has 2 N–H and O–H groups in total. The topological polar surface area (TPSA) is 49.6 Å². The quantitative estimate of drug-likeness (QED) is 0.789. The molecule has 1 atom stereocenters. The summed E-state index contributed by atoms with van der Waals surface area (Å²) in [4.78, 5) is 18.7. The summed E-state index contributed by atoms with van der Waals surface area (Å²) in [5.74, 6) is 1.11. The van der Waals surface area contributed by atoms with E-state index < -0.39 is 0 Å². The number of hydrogen-bond donors (Lipinski definition) is 1. The number of hydrogen-bond acceptors (Lipinski definition) is 4. The molecule has 138 valence electrons. The summed E-state index contributed by atoms with van der Waals surface area (Å²) < 4.78 is 0. The molecular formula is C20H24ClN3OS. The molecule has 2 aliphatic heterocycles. The summed E-state index contributed by atoms with van der Waals surface area (Å²) in [6, 6.07) is 14.0. The van der Waals surface area contributed by atoms with Crippen LogP contribution in [-0.4, -0.2) is 30.8 Å². The Morgan fingerprint density at radius 3 is 2.73 bits per heavy atom. The maximum Gasteiger partial charge on any atom is 0.249 e. The van der Waals surface area contributed by atoms with Gasteiger partial charge in [-0.1, -0.05) is 18.2 Å². The van der Waals surface area contributed by atoms with Crippen molar-refractivity contribution in [3.63, 3.8) is 0 Å². The molecule has 0 bridgehead atoms. The zero-order valence-corrected chi connectivity index (χ0v) is 16.5. The van der Waals surface area contributed by atoms with Crippen LogP contribution in [0, 0.1) is 0 Å². The summed E-state index contributed by atoms with van der Waals surface area (Å²) in [5, 5.41) is 0. The highest BCUT2D eigenvalue weighted by Crippen LogP contribution is 2.36. The fourth-order valence-corrected chi connectivity index (χ4v) is 4.83. The lowest BCUT2D eigenvalue weighted by Crippen LogP contribution is -2.50. The van der Waals surface area contributed by atoms with Crippen LogP contribution in [-0.2, 0) is 11.2 Å². The smallest absolute Gasteiger partial charge is 0.249 e. The molecule has 1 amide bonds. The van der Waals surface area contributed by atoms with Crippen LogP contribution < -0.4 is 15.5 Å². The minimum atomic E-state index is -0.197. The second kappa shape index (κ2) is 7.80. The Labute approximate surface area is 165 Å². The number of anilines is 3. The van der Waals surface area contributed by atoms with Crippen molar-refractivity contribution < 1.29 is 4.79 Å². The van der Waals surface area contributed by atoms with Crippen molar-refractivity contribution in [2.75, 3.05) is 34.4 Å². The van der Waals surface area contributed by atoms with Crippen LogP contribution in [0.5, 0.6) is 0 Å². The fourth-order valence-electron chi connectivity index (χ4n) is 3.84. The highest BCUT2D eigenvalue weighted by molar-refractivity contribution is 7.99. The van der Waals surface area contributed by atoms with E-state index in [0.29, 0.717) is 0 Å². The van der Waals surface area contributed by atoms with Gasteiger partial charge in [-0.15, -0.1) is 24.2 Å². The van der Waals surface area contributed by atoms with Crippen LogP contribution in [0.15, 0.2) is 47.4 Å². The van der Waals surface area contributed by atoms with Crippen LogP contribution >= 0.6 is 24.2 Å². The zero-order valence-electron chi connectivity index (χ0n) is 14.9. The van der Waals surface area contributed by atoms with Gasteiger partial charge in [0.25, 0.3) is 0 Å². The number of thioether (sulfide) groups is 1. The van der Waals surface area contributed by atoms with Gasteiger partial charge in [0.1, 0.15) is 6.04 Å². The molecule has 0 saturated heterocycles. The number of fused-ring (bicyclic) bond motifs is 2. The van der Waals surface area contributed by atoms with Crippen LogP contribution in [0.4, 0.5) is 17.1 Å². The van der Waals surface area contributed by atoms with Crippen LogP contribution in [0.25, 0.3) is 0 Å². The van der Waals surface area contributed by atoms with Gasteiger partial charge in [0, 0.05) is 35.1 Å². The highest BCUT2D eigenvalue weighted by Gasteiger charge is 2.32. The molecule has 2 heterocycles. The van der Waals surface area contributed by atoms with E-state index in [0.717, 1.165) is 48.7 Å². The third-order valence-electron chi connectivity index (χ3n) is 5.14. The summed E-state index contributed by atoms with van der Waals surface area (Å²) in [6.07, 6.45) is 2.02.